The van der Waals surface area contributed by atoms with Gasteiger partial charge in [-0.25, -0.2) is 0 Å². The number of fused-ring (bicyclic) bond motifs is 1. The molecule has 2 aromatic carbocycles. The molecule has 29 heavy (non-hydrogen) atoms. The molecule has 0 radical (unpaired) electrons. The van der Waals surface area contributed by atoms with Crippen molar-refractivity contribution in [1.82, 2.24) is 14.8 Å². The molecule has 4 rings (SSSR count). The summed E-state index contributed by atoms with van der Waals surface area (Å²) in [6.07, 6.45) is 0. The van der Waals surface area contributed by atoms with E-state index in [-0.39, 0.29) is 18.4 Å². The van der Waals surface area contributed by atoms with Crippen molar-refractivity contribution < 1.29 is 9.21 Å². The van der Waals surface area contributed by atoms with Gasteiger partial charge >= 0.3 is 0 Å². The Kier molecular flexibility index (Phi) is 4.92. The van der Waals surface area contributed by atoms with E-state index in [0.717, 1.165) is 33.4 Å². The molecular formula is C23H24N4O2. The Morgan fingerprint density at radius 3 is 2.62 bits per heavy atom. The van der Waals surface area contributed by atoms with Gasteiger partial charge in [0, 0.05) is 22.5 Å². The Morgan fingerprint density at radius 2 is 1.90 bits per heavy atom. The van der Waals surface area contributed by atoms with E-state index in [1.165, 1.54) is 0 Å². The third-order valence-electron chi connectivity index (χ3n) is 4.92. The zero-order chi connectivity index (χ0) is 20.5. The summed E-state index contributed by atoms with van der Waals surface area (Å²) in [7, 11) is 0. The van der Waals surface area contributed by atoms with Gasteiger partial charge in [-0.3, -0.25) is 4.79 Å². The Morgan fingerprint density at radius 1 is 1.10 bits per heavy atom. The fraction of sp³-hybridized carbons (Fsp3) is 0.261. The predicted molar refractivity (Wildman–Crippen MR) is 114 cm³/mol. The number of carbonyl (C=O) groups excluding carboxylic acids is 1. The molecular weight excluding hydrogens is 364 g/mol. The maximum atomic E-state index is 12.9. The van der Waals surface area contributed by atoms with E-state index in [0.29, 0.717) is 11.8 Å². The van der Waals surface area contributed by atoms with Crippen molar-refractivity contribution in [1.29, 1.82) is 0 Å². The smallest absolute Gasteiger partial charge is 0.264 e. The second kappa shape index (κ2) is 7.54. The number of anilines is 1. The summed E-state index contributed by atoms with van der Waals surface area (Å²) in [5.74, 6) is 1.03. The molecule has 1 N–H and O–H groups in total. The third-order valence-corrected chi connectivity index (χ3v) is 4.92. The molecule has 148 valence electrons. The summed E-state index contributed by atoms with van der Waals surface area (Å²) in [5.41, 5.74) is 4.70. The molecule has 2 heterocycles. The lowest BCUT2D eigenvalue weighted by atomic mass is 10.1. The first-order valence-corrected chi connectivity index (χ1v) is 9.71. The van der Waals surface area contributed by atoms with Crippen LogP contribution in [0.5, 0.6) is 0 Å². The first-order valence-electron chi connectivity index (χ1n) is 9.71. The van der Waals surface area contributed by atoms with E-state index in [1.54, 1.807) is 0 Å². The molecule has 0 aliphatic heterocycles. The van der Waals surface area contributed by atoms with E-state index in [9.17, 15) is 4.79 Å². The first-order chi connectivity index (χ1) is 13.9. The lowest BCUT2D eigenvalue weighted by Crippen LogP contribution is -2.19. The van der Waals surface area contributed by atoms with E-state index in [4.69, 9.17) is 4.42 Å². The Hall–Kier alpha value is -3.41. The van der Waals surface area contributed by atoms with Crippen molar-refractivity contribution in [2.45, 2.75) is 40.2 Å². The highest BCUT2D eigenvalue weighted by molar-refractivity contribution is 5.94. The van der Waals surface area contributed by atoms with Crippen LogP contribution in [0.3, 0.4) is 0 Å². The van der Waals surface area contributed by atoms with Gasteiger partial charge in [0.15, 0.2) is 0 Å². The molecule has 6 heteroatoms. The van der Waals surface area contributed by atoms with Gasteiger partial charge in [0.2, 0.25) is 11.8 Å². The average molecular weight is 388 g/mol. The van der Waals surface area contributed by atoms with Crippen LogP contribution in [-0.2, 0) is 11.3 Å². The number of aryl methyl sites for hydroxylation is 2. The molecule has 0 aliphatic carbocycles. The van der Waals surface area contributed by atoms with Crippen LogP contribution in [0.15, 0.2) is 52.9 Å². The van der Waals surface area contributed by atoms with Crippen LogP contribution in [0.4, 0.5) is 5.69 Å². The second-order valence-corrected chi connectivity index (χ2v) is 7.64. The van der Waals surface area contributed by atoms with Gasteiger partial charge in [-0.2, -0.15) is 0 Å². The minimum atomic E-state index is -0.108. The van der Waals surface area contributed by atoms with Crippen LogP contribution in [0.25, 0.3) is 22.5 Å². The Balaban J connectivity index is 1.69. The number of carbonyl (C=O) groups is 1. The fourth-order valence-corrected chi connectivity index (χ4v) is 3.42. The maximum absolute atomic E-state index is 12.9. The Labute approximate surface area is 169 Å². The molecule has 6 nitrogen and oxygen atoms in total. The van der Waals surface area contributed by atoms with Crippen LogP contribution < -0.4 is 5.32 Å². The quantitative estimate of drug-likeness (QED) is 0.518. The number of para-hydroxylation sites is 1. The van der Waals surface area contributed by atoms with Crippen LogP contribution in [0.1, 0.15) is 36.8 Å². The number of hydrogen-bond donors (Lipinski definition) is 1. The Bertz CT molecular complexity index is 1190. The summed E-state index contributed by atoms with van der Waals surface area (Å²) >= 11 is 0. The number of aromatic nitrogens is 3. The third kappa shape index (κ3) is 3.78. The van der Waals surface area contributed by atoms with E-state index in [1.807, 2.05) is 74.7 Å². The zero-order valence-electron chi connectivity index (χ0n) is 17.1. The van der Waals surface area contributed by atoms with Crippen molar-refractivity contribution >= 4 is 22.5 Å². The topological polar surface area (TPSA) is 73.0 Å². The molecule has 0 fully saturated rings. The van der Waals surface area contributed by atoms with Gasteiger partial charge in [0.25, 0.3) is 5.89 Å². The van der Waals surface area contributed by atoms with Crippen molar-refractivity contribution in [3.05, 3.63) is 65.5 Å². The summed E-state index contributed by atoms with van der Waals surface area (Å²) < 4.78 is 7.78. The average Bonchev–Trinajstić information content (AvgIpc) is 3.30. The molecule has 0 spiro atoms. The standard InChI is InChI=1S/C23H24N4O2/c1-14(2)22-25-26-23(29-22)20-12-17-7-5-6-8-19(17)27(20)13-21(28)24-18-10-9-15(3)11-16(18)4/h5-12,14H,13H2,1-4H3,(H,24,28). The van der Waals surface area contributed by atoms with Gasteiger partial charge < -0.3 is 14.3 Å². The molecule has 0 bridgehead atoms. The van der Waals surface area contributed by atoms with Gasteiger partial charge in [-0.1, -0.05) is 49.7 Å². The fourth-order valence-electron chi connectivity index (χ4n) is 3.42. The number of nitrogens with zero attached hydrogens (tertiary/aromatic N) is 3. The van der Waals surface area contributed by atoms with Crippen LogP contribution in [0, 0.1) is 13.8 Å². The van der Waals surface area contributed by atoms with Crippen molar-refractivity contribution in [2.75, 3.05) is 5.32 Å². The SMILES string of the molecule is Cc1ccc(NC(=O)Cn2c(-c3nnc(C(C)C)o3)cc3ccccc32)c(C)c1. The van der Waals surface area contributed by atoms with Crippen LogP contribution >= 0.6 is 0 Å². The monoisotopic (exact) mass is 388 g/mol. The van der Waals surface area contributed by atoms with Gasteiger partial charge in [0.1, 0.15) is 12.2 Å². The molecule has 2 aromatic heterocycles. The number of hydrogen-bond acceptors (Lipinski definition) is 4. The number of rotatable bonds is 5. The minimum Gasteiger partial charge on any atom is -0.419 e. The minimum absolute atomic E-state index is 0.108. The highest BCUT2D eigenvalue weighted by atomic mass is 16.4. The number of benzene rings is 2. The highest BCUT2D eigenvalue weighted by Gasteiger charge is 2.19. The molecule has 1 amide bonds. The van der Waals surface area contributed by atoms with Crippen molar-refractivity contribution in [3.63, 3.8) is 0 Å². The molecule has 0 saturated heterocycles. The van der Waals surface area contributed by atoms with E-state index >= 15 is 0 Å². The zero-order valence-corrected chi connectivity index (χ0v) is 17.1. The highest BCUT2D eigenvalue weighted by Crippen LogP contribution is 2.29. The first kappa shape index (κ1) is 18.9. The number of amides is 1. The molecule has 4 aromatic rings. The maximum Gasteiger partial charge on any atom is 0.264 e. The van der Waals surface area contributed by atoms with E-state index < -0.39 is 0 Å². The van der Waals surface area contributed by atoms with Gasteiger partial charge in [-0.15, -0.1) is 10.2 Å². The van der Waals surface area contributed by atoms with E-state index in [2.05, 4.69) is 21.6 Å². The van der Waals surface area contributed by atoms with Crippen LogP contribution in [-0.4, -0.2) is 20.7 Å². The lowest BCUT2D eigenvalue weighted by molar-refractivity contribution is -0.116. The summed E-state index contributed by atoms with van der Waals surface area (Å²) in [4.78, 5) is 12.9. The molecule has 0 saturated carbocycles. The number of nitrogens with one attached hydrogen (secondary N) is 1. The summed E-state index contributed by atoms with van der Waals surface area (Å²) in [6, 6.07) is 15.9. The van der Waals surface area contributed by atoms with Gasteiger partial charge in [0.05, 0.1) is 0 Å². The van der Waals surface area contributed by atoms with Gasteiger partial charge in [-0.05, 0) is 37.6 Å². The molecule has 0 atom stereocenters. The van der Waals surface area contributed by atoms with Crippen molar-refractivity contribution in [3.8, 4) is 11.6 Å². The van der Waals surface area contributed by atoms with Crippen molar-refractivity contribution in [2.24, 2.45) is 0 Å². The predicted octanol–water partition coefficient (Wildman–Crippen LogP) is 5.07. The largest absolute Gasteiger partial charge is 0.419 e. The second-order valence-electron chi connectivity index (χ2n) is 7.64. The lowest BCUT2D eigenvalue weighted by Gasteiger charge is -2.12. The molecule has 0 unspecified atom stereocenters. The molecule has 0 aliphatic rings. The summed E-state index contributed by atoms with van der Waals surface area (Å²) in [5, 5.41) is 12.4. The summed E-state index contributed by atoms with van der Waals surface area (Å²) in [6.45, 7) is 8.18. The normalized spacial score (nSPS) is 11.3. The van der Waals surface area contributed by atoms with Crippen LogP contribution in [0.2, 0.25) is 0 Å².